The third kappa shape index (κ3) is 3.64. The quantitative estimate of drug-likeness (QED) is 0.202. The standard InChI is InChI=1S/C44H32/c1-44(2)41-19-11-10-17-35(41)39-26-38-34-16-8-9-18-36(34)43(40(38)27-42(39)44)32-24-31-14-6-7-15-33(31)37(25-32)30-22-20-29(21-23-30)28-12-4-3-5-13-28/h3-27,43H,1-2H3. The van der Waals surface area contributed by atoms with Crippen LogP contribution in [0.3, 0.4) is 0 Å². The number of hydrogen-bond donors (Lipinski definition) is 0. The number of hydrogen-bond acceptors (Lipinski definition) is 0. The van der Waals surface area contributed by atoms with Gasteiger partial charge in [-0.05, 0) is 95.2 Å². The average molecular weight is 561 g/mol. The molecule has 2 aliphatic rings. The van der Waals surface area contributed by atoms with Gasteiger partial charge in [0.2, 0.25) is 0 Å². The van der Waals surface area contributed by atoms with Gasteiger partial charge in [-0.1, -0.05) is 153 Å². The lowest BCUT2D eigenvalue weighted by Gasteiger charge is -2.23. The van der Waals surface area contributed by atoms with Crippen LogP contribution in [0.25, 0.3) is 55.3 Å². The molecule has 0 bridgehead atoms. The molecule has 7 aromatic carbocycles. The van der Waals surface area contributed by atoms with Gasteiger partial charge in [-0.25, -0.2) is 0 Å². The van der Waals surface area contributed by atoms with Crippen molar-refractivity contribution in [1.82, 2.24) is 0 Å². The lowest BCUT2D eigenvalue weighted by atomic mass is 9.79. The Morgan fingerprint density at radius 3 is 1.91 bits per heavy atom. The fourth-order valence-corrected chi connectivity index (χ4v) is 7.97. The highest BCUT2D eigenvalue weighted by molar-refractivity contribution is 5.98. The second kappa shape index (κ2) is 9.40. The molecule has 1 atom stereocenters. The van der Waals surface area contributed by atoms with Gasteiger partial charge in [0.15, 0.2) is 0 Å². The molecule has 0 aromatic heterocycles. The molecule has 2 aliphatic carbocycles. The minimum Gasteiger partial charge on any atom is -0.0622 e. The minimum atomic E-state index is -0.0324. The van der Waals surface area contributed by atoms with Crippen LogP contribution < -0.4 is 0 Å². The van der Waals surface area contributed by atoms with Gasteiger partial charge in [-0.15, -0.1) is 0 Å². The van der Waals surface area contributed by atoms with Crippen LogP contribution in [0.5, 0.6) is 0 Å². The molecule has 7 aromatic rings. The summed E-state index contributed by atoms with van der Waals surface area (Å²) in [7, 11) is 0. The van der Waals surface area contributed by atoms with E-state index in [4.69, 9.17) is 0 Å². The summed E-state index contributed by atoms with van der Waals surface area (Å²) in [4.78, 5) is 0. The molecule has 0 N–H and O–H groups in total. The maximum absolute atomic E-state index is 2.54. The van der Waals surface area contributed by atoms with Gasteiger partial charge in [0.1, 0.15) is 0 Å². The van der Waals surface area contributed by atoms with E-state index in [1.165, 1.54) is 83.1 Å². The van der Waals surface area contributed by atoms with E-state index in [9.17, 15) is 0 Å². The Bertz CT molecular complexity index is 2230. The summed E-state index contributed by atoms with van der Waals surface area (Å²) in [6, 6.07) is 56.5. The fourth-order valence-electron chi connectivity index (χ4n) is 7.97. The molecule has 0 aliphatic heterocycles. The van der Waals surface area contributed by atoms with Gasteiger partial charge in [-0.2, -0.15) is 0 Å². The van der Waals surface area contributed by atoms with Crippen molar-refractivity contribution in [2.75, 3.05) is 0 Å². The third-order valence-electron chi connectivity index (χ3n) is 10.1. The summed E-state index contributed by atoms with van der Waals surface area (Å²) in [6.07, 6.45) is 0. The van der Waals surface area contributed by atoms with E-state index in [1.54, 1.807) is 0 Å². The Kier molecular flexibility index (Phi) is 5.41. The van der Waals surface area contributed by atoms with Gasteiger partial charge in [0, 0.05) is 11.3 Å². The maximum atomic E-state index is 2.54. The van der Waals surface area contributed by atoms with E-state index in [0.717, 1.165) is 0 Å². The van der Waals surface area contributed by atoms with Crippen LogP contribution in [0.4, 0.5) is 0 Å². The molecular weight excluding hydrogens is 528 g/mol. The topological polar surface area (TPSA) is 0 Å². The van der Waals surface area contributed by atoms with E-state index in [2.05, 4.69) is 166 Å². The smallest absolute Gasteiger partial charge is 0.0352 e. The molecule has 0 amide bonds. The first-order chi connectivity index (χ1) is 21.6. The van der Waals surface area contributed by atoms with E-state index in [-0.39, 0.29) is 11.3 Å². The molecule has 0 nitrogen and oxygen atoms in total. The van der Waals surface area contributed by atoms with Crippen LogP contribution in [0, 0.1) is 0 Å². The van der Waals surface area contributed by atoms with Crippen LogP contribution in [0.1, 0.15) is 47.6 Å². The van der Waals surface area contributed by atoms with Crippen LogP contribution in [-0.4, -0.2) is 0 Å². The van der Waals surface area contributed by atoms with Crippen molar-refractivity contribution in [3.05, 3.63) is 179 Å². The summed E-state index contributed by atoms with van der Waals surface area (Å²) in [6.45, 7) is 4.77. The highest BCUT2D eigenvalue weighted by Crippen LogP contribution is 2.56. The third-order valence-corrected chi connectivity index (χ3v) is 10.1. The molecule has 0 saturated carbocycles. The monoisotopic (exact) mass is 560 g/mol. The van der Waals surface area contributed by atoms with Gasteiger partial charge < -0.3 is 0 Å². The largest absolute Gasteiger partial charge is 0.0622 e. The van der Waals surface area contributed by atoms with Gasteiger partial charge in [-0.3, -0.25) is 0 Å². The van der Waals surface area contributed by atoms with Crippen molar-refractivity contribution in [1.29, 1.82) is 0 Å². The maximum Gasteiger partial charge on any atom is 0.0352 e. The Morgan fingerprint density at radius 1 is 0.409 bits per heavy atom. The van der Waals surface area contributed by atoms with Crippen LogP contribution in [0.2, 0.25) is 0 Å². The highest BCUT2D eigenvalue weighted by Gasteiger charge is 2.39. The first-order valence-corrected chi connectivity index (χ1v) is 15.6. The van der Waals surface area contributed by atoms with Crippen LogP contribution in [0.15, 0.2) is 152 Å². The first kappa shape index (κ1) is 25.3. The van der Waals surface area contributed by atoms with Crippen molar-refractivity contribution in [2.45, 2.75) is 25.2 Å². The molecule has 0 spiro atoms. The number of fused-ring (bicyclic) bond motifs is 7. The number of benzene rings is 7. The highest BCUT2D eigenvalue weighted by atomic mass is 14.4. The second-order valence-corrected chi connectivity index (χ2v) is 12.9. The van der Waals surface area contributed by atoms with E-state index >= 15 is 0 Å². The van der Waals surface area contributed by atoms with Gasteiger partial charge >= 0.3 is 0 Å². The summed E-state index contributed by atoms with van der Waals surface area (Å²) in [5.74, 6) is 0.179. The molecular formula is C44H32. The zero-order valence-corrected chi connectivity index (χ0v) is 25.0. The first-order valence-electron chi connectivity index (χ1n) is 15.6. The number of rotatable bonds is 3. The van der Waals surface area contributed by atoms with Crippen molar-refractivity contribution in [3.8, 4) is 44.5 Å². The molecule has 0 saturated heterocycles. The van der Waals surface area contributed by atoms with E-state index in [0.29, 0.717) is 0 Å². The molecule has 0 radical (unpaired) electrons. The summed E-state index contributed by atoms with van der Waals surface area (Å²) >= 11 is 0. The fraction of sp³-hybridized carbons (Fsp3) is 0.0909. The molecule has 9 rings (SSSR count). The Morgan fingerprint density at radius 2 is 1.07 bits per heavy atom. The molecule has 208 valence electrons. The summed E-state index contributed by atoms with van der Waals surface area (Å²) < 4.78 is 0. The normalized spacial score (nSPS) is 15.5. The second-order valence-electron chi connectivity index (χ2n) is 12.9. The lowest BCUT2D eigenvalue weighted by Crippen LogP contribution is -2.15. The van der Waals surface area contributed by atoms with Gasteiger partial charge in [0.25, 0.3) is 0 Å². The summed E-state index contributed by atoms with van der Waals surface area (Å²) in [5, 5.41) is 2.58. The van der Waals surface area contributed by atoms with Crippen molar-refractivity contribution >= 4 is 10.8 Å². The zero-order valence-electron chi connectivity index (χ0n) is 25.0. The molecule has 0 fully saturated rings. The van der Waals surface area contributed by atoms with Crippen LogP contribution >= 0.6 is 0 Å². The van der Waals surface area contributed by atoms with Crippen molar-refractivity contribution in [3.63, 3.8) is 0 Å². The molecule has 44 heavy (non-hydrogen) atoms. The SMILES string of the molecule is CC1(C)c2ccccc2-c2cc3c(cc21)C(c1cc(-c2ccc(-c4ccccc4)cc2)c2ccccc2c1)c1ccccc1-3. The Labute approximate surface area is 259 Å². The van der Waals surface area contributed by atoms with Crippen LogP contribution in [-0.2, 0) is 5.41 Å². The summed E-state index contributed by atoms with van der Waals surface area (Å²) in [5.41, 5.74) is 17.5. The van der Waals surface area contributed by atoms with Gasteiger partial charge in [0.05, 0.1) is 0 Å². The Balaban J connectivity index is 1.25. The molecule has 0 heteroatoms. The zero-order chi connectivity index (χ0) is 29.4. The average Bonchev–Trinajstić information content (AvgIpc) is 3.52. The molecule has 0 heterocycles. The van der Waals surface area contributed by atoms with E-state index < -0.39 is 0 Å². The van der Waals surface area contributed by atoms with Crippen molar-refractivity contribution < 1.29 is 0 Å². The Hall–Kier alpha value is -5.20. The predicted octanol–water partition coefficient (Wildman–Crippen LogP) is 11.6. The van der Waals surface area contributed by atoms with E-state index in [1.807, 2.05) is 0 Å². The van der Waals surface area contributed by atoms with Crippen molar-refractivity contribution in [2.24, 2.45) is 0 Å². The lowest BCUT2D eigenvalue weighted by molar-refractivity contribution is 0.659. The predicted molar refractivity (Wildman–Crippen MR) is 185 cm³/mol. The molecule has 1 unspecified atom stereocenters. The minimum absolute atomic E-state index is 0.0324.